The lowest BCUT2D eigenvalue weighted by molar-refractivity contribution is 0.328. The predicted molar refractivity (Wildman–Crippen MR) is 108 cm³/mol. The van der Waals surface area contributed by atoms with Gasteiger partial charge in [-0.2, -0.15) is 0 Å². The van der Waals surface area contributed by atoms with Gasteiger partial charge in [0.1, 0.15) is 18.2 Å². The molecule has 0 aliphatic carbocycles. The van der Waals surface area contributed by atoms with Crippen LogP contribution in [-0.2, 0) is 13.1 Å². The average Bonchev–Trinajstić information content (AvgIpc) is 2.71. The van der Waals surface area contributed by atoms with Gasteiger partial charge in [-0.15, -0.1) is 0 Å². The fourth-order valence-electron chi connectivity index (χ4n) is 2.65. The molecular weight excluding hydrogens is 341 g/mol. The Hall–Kier alpha value is -3.05. The Morgan fingerprint density at radius 2 is 1.52 bits per heavy atom. The molecule has 3 aromatic carbocycles. The van der Waals surface area contributed by atoms with Crippen molar-refractivity contribution in [2.24, 2.45) is 5.73 Å². The van der Waals surface area contributed by atoms with E-state index in [1.807, 2.05) is 42.5 Å². The monoisotopic (exact) mass is 365 g/mol. The molecule has 0 radical (unpaired) electrons. The molecule has 5 heteroatoms. The highest BCUT2D eigenvalue weighted by molar-refractivity contribution is 5.49. The van der Waals surface area contributed by atoms with E-state index in [9.17, 15) is 4.39 Å². The molecule has 0 spiro atoms. The largest absolute Gasteiger partial charge is 0.492 e. The topological polar surface area (TPSA) is 59.3 Å². The molecule has 0 aliphatic rings. The number of hydrogen-bond donors (Lipinski definition) is 3. The maximum absolute atomic E-state index is 13.6. The molecule has 27 heavy (non-hydrogen) atoms. The fraction of sp³-hybridized carbons (Fsp3) is 0.182. The highest BCUT2D eigenvalue weighted by Gasteiger charge is 2.01. The summed E-state index contributed by atoms with van der Waals surface area (Å²) in [5.41, 5.74) is 9.23. The Kier molecular flexibility index (Phi) is 6.66. The summed E-state index contributed by atoms with van der Waals surface area (Å²) >= 11 is 0. The summed E-state index contributed by atoms with van der Waals surface area (Å²) < 4.78 is 19.2. The minimum atomic E-state index is -0.240. The third-order valence-electron chi connectivity index (χ3n) is 4.10. The second-order valence-electron chi connectivity index (χ2n) is 6.17. The minimum Gasteiger partial charge on any atom is -0.492 e. The van der Waals surface area contributed by atoms with Gasteiger partial charge in [0.2, 0.25) is 0 Å². The molecular formula is C22H24FN3O. The van der Waals surface area contributed by atoms with Crippen molar-refractivity contribution in [3.8, 4) is 5.75 Å². The lowest BCUT2D eigenvalue weighted by Gasteiger charge is -2.11. The summed E-state index contributed by atoms with van der Waals surface area (Å²) in [6, 6.07) is 22.7. The van der Waals surface area contributed by atoms with Crippen molar-refractivity contribution in [3.05, 3.63) is 89.7 Å². The molecule has 4 N–H and O–H groups in total. The quantitative estimate of drug-likeness (QED) is 0.526. The van der Waals surface area contributed by atoms with E-state index in [4.69, 9.17) is 10.5 Å². The van der Waals surface area contributed by atoms with Crippen LogP contribution >= 0.6 is 0 Å². The van der Waals surface area contributed by atoms with Crippen molar-refractivity contribution in [2.45, 2.75) is 13.1 Å². The average molecular weight is 365 g/mol. The zero-order valence-electron chi connectivity index (χ0n) is 15.1. The van der Waals surface area contributed by atoms with Crippen molar-refractivity contribution in [1.82, 2.24) is 0 Å². The van der Waals surface area contributed by atoms with Crippen LogP contribution in [0, 0.1) is 5.82 Å². The van der Waals surface area contributed by atoms with Crippen LogP contribution in [0.1, 0.15) is 11.1 Å². The Morgan fingerprint density at radius 1 is 0.815 bits per heavy atom. The Bertz CT molecular complexity index is 852. The van der Waals surface area contributed by atoms with Gasteiger partial charge in [0.25, 0.3) is 0 Å². The Labute approximate surface area is 159 Å². The molecule has 0 unspecified atom stereocenters. The number of nitrogens with two attached hydrogens (primary N) is 1. The maximum Gasteiger partial charge on any atom is 0.146 e. The first-order valence-corrected chi connectivity index (χ1v) is 8.97. The fourth-order valence-corrected chi connectivity index (χ4v) is 2.65. The summed E-state index contributed by atoms with van der Waals surface area (Å²) in [5, 5.41) is 6.50. The molecule has 0 aliphatic heterocycles. The van der Waals surface area contributed by atoms with Gasteiger partial charge >= 0.3 is 0 Å². The lowest BCUT2D eigenvalue weighted by atomic mass is 10.1. The van der Waals surface area contributed by atoms with E-state index >= 15 is 0 Å². The number of anilines is 2. The number of nitrogens with one attached hydrogen (secondary N) is 2. The van der Waals surface area contributed by atoms with Gasteiger partial charge in [0, 0.05) is 31.4 Å². The molecule has 0 bridgehead atoms. The van der Waals surface area contributed by atoms with Gasteiger partial charge in [-0.3, -0.25) is 0 Å². The van der Waals surface area contributed by atoms with E-state index in [1.165, 1.54) is 6.07 Å². The molecule has 140 valence electrons. The van der Waals surface area contributed by atoms with E-state index < -0.39 is 0 Å². The first kappa shape index (κ1) is 18.7. The highest BCUT2D eigenvalue weighted by atomic mass is 19.1. The van der Waals surface area contributed by atoms with Crippen molar-refractivity contribution < 1.29 is 9.13 Å². The van der Waals surface area contributed by atoms with Gasteiger partial charge in [-0.1, -0.05) is 42.5 Å². The van der Waals surface area contributed by atoms with Crippen LogP contribution < -0.4 is 21.1 Å². The van der Waals surface area contributed by atoms with Crippen molar-refractivity contribution in [3.63, 3.8) is 0 Å². The molecule has 0 atom stereocenters. The van der Waals surface area contributed by atoms with Gasteiger partial charge in [0.05, 0.1) is 5.69 Å². The third kappa shape index (κ3) is 5.72. The zero-order chi connectivity index (χ0) is 18.9. The van der Waals surface area contributed by atoms with Gasteiger partial charge in [-0.05, 0) is 35.4 Å². The van der Waals surface area contributed by atoms with Crippen LogP contribution in [0.3, 0.4) is 0 Å². The Morgan fingerprint density at radius 3 is 2.22 bits per heavy atom. The summed E-state index contributed by atoms with van der Waals surface area (Å²) in [7, 11) is 0. The molecule has 0 aromatic heterocycles. The molecule has 0 saturated carbocycles. The van der Waals surface area contributed by atoms with E-state index in [0.717, 1.165) is 22.6 Å². The van der Waals surface area contributed by atoms with Gasteiger partial charge < -0.3 is 21.1 Å². The summed E-state index contributed by atoms with van der Waals surface area (Å²) in [6.45, 7) is 2.29. The van der Waals surface area contributed by atoms with Crippen LogP contribution in [0.25, 0.3) is 0 Å². The predicted octanol–water partition coefficient (Wildman–Crippen LogP) is 4.39. The standard InChI is InChI=1S/C22H24FN3O/c23-21-6-1-2-7-22(21)26-16-18-10-8-17(9-11-18)15-25-19-4-3-5-20(14-19)27-13-12-24/h1-11,14,25-26H,12-13,15-16,24H2. The molecule has 3 aromatic rings. The molecule has 3 rings (SSSR count). The Balaban J connectivity index is 1.51. The molecule has 0 amide bonds. The second kappa shape index (κ2) is 9.59. The second-order valence-corrected chi connectivity index (χ2v) is 6.17. The smallest absolute Gasteiger partial charge is 0.146 e. The van der Waals surface area contributed by atoms with Crippen LogP contribution in [0.15, 0.2) is 72.8 Å². The van der Waals surface area contributed by atoms with Gasteiger partial charge in [-0.25, -0.2) is 4.39 Å². The van der Waals surface area contributed by atoms with Crippen molar-refractivity contribution in [1.29, 1.82) is 0 Å². The molecule has 0 saturated heterocycles. The SMILES string of the molecule is NCCOc1cccc(NCc2ccc(CNc3ccccc3F)cc2)c1. The van der Waals surface area contributed by atoms with Crippen LogP contribution in [0.4, 0.5) is 15.8 Å². The lowest BCUT2D eigenvalue weighted by Crippen LogP contribution is -2.10. The van der Waals surface area contributed by atoms with E-state index in [0.29, 0.717) is 31.9 Å². The van der Waals surface area contributed by atoms with Crippen LogP contribution in [0.2, 0.25) is 0 Å². The van der Waals surface area contributed by atoms with Crippen LogP contribution in [-0.4, -0.2) is 13.2 Å². The first-order chi connectivity index (χ1) is 13.2. The van der Waals surface area contributed by atoms with E-state index in [2.05, 4.69) is 22.8 Å². The van der Waals surface area contributed by atoms with Crippen molar-refractivity contribution in [2.75, 3.05) is 23.8 Å². The summed E-state index contributed by atoms with van der Waals surface area (Å²) in [4.78, 5) is 0. The van der Waals surface area contributed by atoms with Crippen molar-refractivity contribution >= 4 is 11.4 Å². The number of para-hydroxylation sites is 1. The number of hydrogen-bond acceptors (Lipinski definition) is 4. The highest BCUT2D eigenvalue weighted by Crippen LogP contribution is 2.18. The molecule has 0 fully saturated rings. The van der Waals surface area contributed by atoms with E-state index in [1.54, 1.807) is 12.1 Å². The van der Waals surface area contributed by atoms with E-state index in [-0.39, 0.29) is 5.82 Å². The normalized spacial score (nSPS) is 10.4. The molecule has 0 heterocycles. The minimum absolute atomic E-state index is 0.240. The first-order valence-electron chi connectivity index (χ1n) is 8.97. The maximum atomic E-state index is 13.6. The van der Waals surface area contributed by atoms with Crippen LogP contribution in [0.5, 0.6) is 5.75 Å². The molecule has 4 nitrogen and oxygen atoms in total. The third-order valence-corrected chi connectivity index (χ3v) is 4.10. The number of ether oxygens (including phenoxy) is 1. The number of rotatable bonds is 9. The van der Waals surface area contributed by atoms with Gasteiger partial charge in [0.15, 0.2) is 0 Å². The number of halogens is 1. The zero-order valence-corrected chi connectivity index (χ0v) is 15.1. The summed E-state index contributed by atoms with van der Waals surface area (Å²) in [5.74, 6) is 0.566. The number of benzene rings is 3. The summed E-state index contributed by atoms with van der Waals surface area (Å²) in [6.07, 6.45) is 0.